The van der Waals surface area contributed by atoms with Crippen LogP contribution in [0.5, 0.6) is 0 Å². The standard InChI is InChI=1S/C18H23N/c1-3-14-8-10-15(11-9-14)12-16-6-5-7-17(13-19)18(16)4-2/h5-11H,3-4,12-13,19H2,1-2H3. The van der Waals surface area contributed by atoms with E-state index in [1.54, 1.807) is 0 Å². The first-order chi connectivity index (χ1) is 9.28. The van der Waals surface area contributed by atoms with Crippen molar-refractivity contribution < 1.29 is 0 Å². The Morgan fingerprint density at radius 1 is 0.789 bits per heavy atom. The van der Waals surface area contributed by atoms with Gasteiger partial charge in [-0.2, -0.15) is 0 Å². The molecule has 0 radical (unpaired) electrons. The number of benzene rings is 2. The fourth-order valence-corrected chi connectivity index (χ4v) is 2.61. The molecule has 0 aliphatic heterocycles. The minimum Gasteiger partial charge on any atom is -0.326 e. The van der Waals surface area contributed by atoms with Gasteiger partial charge < -0.3 is 5.73 Å². The van der Waals surface area contributed by atoms with Gasteiger partial charge in [0.1, 0.15) is 0 Å². The van der Waals surface area contributed by atoms with Crippen molar-refractivity contribution in [2.75, 3.05) is 0 Å². The Bertz CT molecular complexity index is 526. The Labute approximate surface area is 116 Å². The van der Waals surface area contributed by atoms with Crippen LogP contribution in [0.4, 0.5) is 0 Å². The molecule has 100 valence electrons. The Morgan fingerprint density at radius 3 is 2.00 bits per heavy atom. The molecule has 0 atom stereocenters. The van der Waals surface area contributed by atoms with Gasteiger partial charge in [-0.3, -0.25) is 0 Å². The predicted octanol–water partition coefficient (Wildman–Crippen LogP) is 3.86. The van der Waals surface area contributed by atoms with Gasteiger partial charge in [0, 0.05) is 6.54 Å². The normalized spacial score (nSPS) is 10.7. The first-order valence-corrected chi connectivity index (χ1v) is 7.16. The third-order valence-electron chi connectivity index (χ3n) is 3.77. The molecule has 2 N–H and O–H groups in total. The first-order valence-electron chi connectivity index (χ1n) is 7.16. The highest BCUT2D eigenvalue weighted by Crippen LogP contribution is 2.19. The fraction of sp³-hybridized carbons (Fsp3) is 0.333. The second-order valence-electron chi connectivity index (χ2n) is 4.96. The molecule has 0 spiro atoms. The van der Waals surface area contributed by atoms with E-state index in [0.717, 1.165) is 19.3 Å². The second kappa shape index (κ2) is 6.53. The molecule has 0 unspecified atom stereocenters. The minimum absolute atomic E-state index is 0.631. The molecular weight excluding hydrogens is 230 g/mol. The van der Waals surface area contributed by atoms with Crippen molar-refractivity contribution in [3.05, 3.63) is 70.3 Å². The zero-order valence-corrected chi connectivity index (χ0v) is 11.9. The van der Waals surface area contributed by atoms with Crippen LogP contribution in [-0.2, 0) is 25.8 Å². The van der Waals surface area contributed by atoms with E-state index in [0.29, 0.717) is 6.54 Å². The zero-order chi connectivity index (χ0) is 13.7. The van der Waals surface area contributed by atoms with Crippen LogP contribution in [0.3, 0.4) is 0 Å². The largest absolute Gasteiger partial charge is 0.326 e. The molecular formula is C18H23N. The summed E-state index contributed by atoms with van der Waals surface area (Å²) < 4.78 is 0. The van der Waals surface area contributed by atoms with Crippen molar-refractivity contribution in [3.8, 4) is 0 Å². The van der Waals surface area contributed by atoms with Gasteiger partial charge in [0.15, 0.2) is 0 Å². The summed E-state index contributed by atoms with van der Waals surface area (Å²) in [7, 11) is 0. The Hall–Kier alpha value is -1.60. The lowest BCUT2D eigenvalue weighted by Gasteiger charge is -2.12. The van der Waals surface area contributed by atoms with Gasteiger partial charge in [-0.15, -0.1) is 0 Å². The number of aryl methyl sites for hydroxylation is 1. The molecule has 2 aromatic rings. The maximum atomic E-state index is 5.83. The predicted molar refractivity (Wildman–Crippen MR) is 82.3 cm³/mol. The second-order valence-corrected chi connectivity index (χ2v) is 4.96. The summed E-state index contributed by atoms with van der Waals surface area (Å²) in [6, 6.07) is 15.4. The monoisotopic (exact) mass is 253 g/mol. The third-order valence-corrected chi connectivity index (χ3v) is 3.77. The van der Waals surface area contributed by atoms with Crippen molar-refractivity contribution in [3.63, 3.8) is 0 Å². The van der Waals surface area contributed by atoms with E-state index in [9.17, 15) is 0 Å². The maximum Gasteiger partial charge on any atom is 0.0180 e. The van der Waals surface area contributed by atoms with Crippen LogP contribution in [0.15, 0.2) is 42.5 Å². The quantitative estimate of drug-likeness (QED) is 0.860. The lowest BCUT2D eigenvalue weighted by molar-refractivity contribution is 0.971. The van der Waals surface area contributed by atoms with Crippen LogP contribution in [-0.4, -0.2) is 0 Å². The van der Waals surface area contributed by atoms with Crippen LogP contribution in [0.1, 0.15) is 41.7 Å². The molecule has 2 rings (SSSR count). The zero-order valence-electron chi connectivity index (χ0n) is 11.9. The smallest absolute Gasteiger partial charge is 0.0180 e. The minimum atomic E-state index is 0.631. The Morgan fingerprint density at radius 2 is 1.42 bits per heavy atom. The highest BCUT2D eigenvalue weighted by molar-refractivity contribution is 5.39. The van der Waals surface area contributed by atoms with Crippen molar-refractivity contribution in [1.29, 1.82) is 0 Å². The molecule has 1 heteroatoms. The summed E-state index contributed by atoms with van der Waals surface area (Å²) in [5, 5.41) is 0. The van der Waals surface area contributed by atoms with Crippen LogP contribution >= 0.6 is 0 Å². The molecule has 0 fully saturated rings. The van der Waals surface area contributed by atoms with Crippen LogP contribution in [0.2, 0.25) is 0 Å². The maximum absolute atomic E-state index is 5.83. The molecule has 0 heterocycles. The highest BCUT2D eigenvalue weighted by atomic mass is 14.5. The summed E-state index contributed by atoms with van der Waals surface area (Å²) in [5.41, 5.74) is 12.7. The summed E-state index contributed by atoms with van der Waals surface area (Å²) in [6.07, 6.45) is 3.15. The third kappa shape index (κ3) is 3.24. The average molecular weight is 253 g/mol. The molecule has 0 aromatic heterocycles. The first kappa shape index (κ1) is 13.8. The van der Waals surface area contributed by atoms with Crippen molar-refractivity contribution in [2.24, 2.45) is 5.73 Å². The van der Waals surface area contributed by atoms with Gasteiger partial charge in [0.2, 0.25) is 0 Å². The summed E-state index contributed by atoms with van der Waals surface area (Å²) >= 11 is 0. The number of hydrogen-bond acceptors (Lipinski definition) is 1. The molecule has 0 saturated heterocycles. The van der Waals surface area contributed by atoms with E-state index < -0.39 is 0 Å². The molecule has 19 heavy (non-hydrogen) atoms. The van der Waals surface area contributed by atoms with E-state index in [-0.39, 0.29) is 0 Å². The van der Waals surface area contributed by atoms with Crippen LogP contribution in [0.25, 0.3) is 0 Å². The van der Waals surface area contributed by atoms with Crippen molar-refractivity contribution in [1.82, 2.24) is 0 Å². The van der Waals surface area contributed by atoms with E-state index in [1.807, 2.05) is 0 Å². The Balaban J connectivity index is 2.26. The number of hydrogen-bond donors (Lipinski definition) is 1. The SMILES string of the molecule is CCc1ccc(Cc2cccc(CN)c2CC)cc1. The van der Waals surface area contributed by atoms with Crippen LogP contribution < -0.4 is 5.73 Å². The van der Waals surface area contributed by atoms with Crippen LogP contribution in [0, 0.1) is 0 Å². The number of rotatable bonds is 5. The fourth-order valence-electron chi connectivity index (χ4n) is 2.61. The molecule has 1 nitrogen and oxygen atoms in total. The summed E-state index contributed by atoms with van der Waals surface area (Å²) in [5.74, 6) is 0. The van der Waals surface area contributed by atoms with Crippen molar-refractivity contribution >= 4 is 0 Å². The number of nitrogens with two attached hydrogens (primary N) is 1. The van der Waals surface area contributed by atoms with Gasteiger partial charge in [-0.05, 0) is 47.1 Å². The lowest BCUT2D eigenvalue weighted by Crippen LogP contribution is -2.04. The van der Waals surface area contributed by atoms with E-state index in [2.05, 4.69) is 56.3 Å². The average Bonchev–Trinajstić information content (AvgIpc) is 2.47. The van der Waals surface area contributed by atoms with Gasteiger partial charge >= 0.3 is 0 Å². The van der Waals surface area contributed by atoms with Gasteiger partial charge in [0.25, 0.3) is 0 Å². The van der Waals surface area contributed by atoms with E-state index in [4.69, 9.17) is 5.73 Å². The molecule has 0 bridgehead atoms. The van der Waals surface area contributed by atoms with Crippen molar-refractivity contribution in [2.45, 2.75) is 39.7 Å². The topological polar surface area (TPSA) is 26.0 Å². The highest BCUT2D eigenvalue weighted by Gasteiger charge is 2.06. The van der Waals surface area contributed by atoms with Gasteiger partial charge in [-0.1, -0.05) is 56.3 Å². The van der Waals surface area contributed by atoms with Gasteiger partial charge in [-0.25, -0.2) is 0 Å². The Kier molecular flexibility index (Phi) is 4.75. The molecule has 0 saturated carbocycles. The lowest BCUT2D eigenvalue weighted by atomic mass is 9.94. The van der Waals surface area contributed by atoms with E-state index in [1.165, 1.54) is 27.8 Å². The molecule has 0 amide bonds. The molecule has 2 aromatic carbocycles. The summed E-state index contributed by atoms with van der Waals surface area (Å²) in [4.78, 5) is 0. The van der Waals surface area contributed by atoms with Gasteiger partial charge in [0.05, 0.1) is 0 Å². The molecule has 0 aliphatic rings. The molecule has 0 aliphatic carbocycles. The van der Waals surface area contributed by atoms with E-state index >= 15 is 0 Å². The summed E-state index contributed by atoms with van der Waals surface area (Å²) in [6.45, 7) is 5.03.